The Morgan fingerprint density at radius 1 is 0.957 bits per heavy atom. The van der Waals surface area contributed by atoms with Crippen LogP contribution in [0.25, 0.3) is 33.5 Å². The molecule has 2 aromatic carbocycles. The molecule has 6 rings (SSSR count). The van der Waals surface area contributed by atoms with Crippen LogP contribution in [0.5, 0.6) is 6.01 Å². The summed E-state index contributed by atoms with van der Waals surface area (Å²) in [6.07, 6.45) is -0.110. The highest BCUT2D eigenvalue weighted by Crippen LogP contribution is 2.38. The van der Waals surface area contributed by atoms with E-state index in [1.54, 1.807) is 0 Å². The Hall–Kier alpha value is -1.55. The van der Waals surface area contributed by atoms with E-state index in [-0.39, 0.29) is 54.0 Å². The fourth-order valence-corrected chi connectivity index (χ4v) is 7.01. The Labute approximate surface area is 308 Å². The summed E-state index contributed by atoms with van der Waals surface area (Å²) in [5.74, 6) is 1.92. The van der Waals surface area contributed by atoms with Crippen LogP contribution in [-0.2, 0) is 20.9 Å². The molecular weight excluding hydrogens is 710 g/mol. The number of imidazole rings is 1. The molecule has 0 amide bonds. The Kier molecular flexibility index (Phi) is 13.4. The Morgan fingerprint density at radius 2 is 1.60 bits per heavy atom. The molecule has 2 saturated heterocycles. The fourth-order valence-electron chi connectivity index (χ4n) is 6.00. The number of nitrogens with zero attached hydrogens (tertiary/aromatic N) is 3. The summed E-state index contributed by atoms with van der Waals surface area (Å²) in [5, 5.41) is 10.9. The van der Waals surface area contributed by atoms with Crippen molar-refractivity contribution in [3.63, 3.8) is 0 Å². The van der Waals surface area contributed by atoms with Gasteiger partial charge in [0.25, 0.3) is 0 Å². The molecule has 4 heterocycles. The van der Waals surface area contributed by atoms with Gasteiger partial charge in [0, 0.05) is 26.2 Å². The van der Waals surface area contributed by atoms with E-state index < -0.39 is 13.7 Å². The number of benzene rings is 2. The Bertz CT molecular complexity index is 1600. The van der Waals surface area contributed by atoms with Crippen molar-refractivity contribution in [2.45, 2.75) is 76.6 Å². The van der Waals surface area contributed by atoms with Crippen molar-refractivity contribution in [3.8, 4) is 28.4 Å². The zero-order valence-corrected chi connectivity index (χ0v) is 30.8. The maximum atomic E-state index is 10.4. The SMILES string of the molecule is CBr.CC(C)(O)CC1CO[C@H]2[C@@H]1OC[C@H]2Oc1nc2nc(-c3ccc(-c4ccccc4)cc3)c(Cl)cc2n1COCC[Si](C)(C)C.[MgH2]. The molecule has 252 valence electrons. The second-order valence-corrected chi connectivity index (χ2v) is 19.8. The molecular formula is C35H47BrClMgN3O5Si. The first-order valence-corrected chi connectivity index (χ1v) is 21.4. The number of hydrogen-bond donors (Lipinski definition) is 1. The number of halogens is 2. The van der Waals surface area contributed by atoms with Gasteiger partial charge in [-0.15, -0.1) is 0 Å². The van der Waals surface area contributed by atoms with Crippen LogP contribution in [0.3, 0.4) is 0 Å². The topological polar surface area (TPSA) is 87.9 Å². The van der Waals surface area contributed by atoms with Crippen LogP contribution in [0.15, 0.2) is 60.7 Å². The highest BCUT2D eigenvalue weighted by atomic mass is 79.9. The standard InChI is InChI=1S/C34H42ClN3O5Si.CH3Br.Mg.2H/c1-34(2,39)18-25-19-41-31-28(20-42-30(25)31)43-33-37-32-27(38(33)21-40-15-16-44(3,4)5)17-26(35)29(36-32)24-13-11-23(12-14-24)22-9-7-6-8-10-22;1-2;;;/h6-14,17,25,28,30-31,39H,15-16,18-21H2,1-5H3;1H3;;;/t25?,28-,30-,31-;;;;/m1..../s1. The lowest BCUT2D eigenvalue weighted by Crippen LogP contribution is -2.35. The van der Waals surface area contributed by atoms with Gasteiger partial charge in [-0.2, -0.15) is 4.98 Å². The third kappa shape index (κ3) is 9.58. The summed E-state index contributed by atoms with van der Waals surface area (Å²) < 4.78 is 26.9. The van der Waals surface area contributed by atoms with E-state index in [4.69, 9.17) is 40.5 Å². The van der Waals surface area contributed by atoms with Crippen molar-refractivity contribution in [2.24, 2.45) is 5.92 Å². The molecule has 0 aliphatic carbocycles. The number of aliphatic hydroxyl groups is 1. The van der Waals surface area contributed by atoms with Gasteiger partial charge in [-0.3, -0.25) is 4.57 Å². The van der Waals surface area contributed by atoms with Crippen molar-refractivity contribution in [2.75, 3.05) is 25.7 Å². The molecule has 0 bridgehead atoms. The monoisotopic (exact) mass is 755 g/mol. The Morgan fingerprint density at radius 3 is 2.26 bits per heavy atom. The summed E-state index contributed by atoms with van der Waals surface area (Å²) in [5.41, 5.74) is 4.32. The van der Waals surface area contributed by atoms with Gasteiger partial charge in [0.2, 0.25) is 0 Å². The van der Waals surface area contributed by atoms with Crippen LogP contribution >= 0.6 is 27.5 Å². The summed E-state index contributed by atoms with van der Waals surface area (Å²) in [7, 11) is -1.26. The lowest BCUT2D eigenvalue weighted by atomic mass is 9.89. The molecule has 47 heavy (non-hydrogen) atoms. The molecule has 2 aliphatic rings. The summed E-state index contributed by atoms with van der Waals surface area (Å²) in [6.45, 7) is 12.5. The normalized spacial score (nSPS) is 20.8. The predicted octanol–water partition coefficient (Wildman–Crippen LogP) is 7.15. The van der Waals surface area contributed by atoms with Crippen LogP contribution in [0.2, 0.25) is 30.7 Å². The van der Waals surface area contributed by atoms with Crippen molar-refractivity contribution < 1.29 is 24.1 Å². The van der Waals surface area contributed by atoms with Crippen molar-refractivity contribution in [1.82, 2.24) is 14.5 Å². The molecule has 0 spiro atoms. The van der Waals surface area contributed by atoms with Crippen molar-refractivity contribution >= 4 is 69.8 Å². The van der Waals surface area contributed by atoms with Gasteiger partial charge in [-0.05, 0) is 49.3 Å². The molecule has 2 fully saturated rings. The number of hydrogen-bond acceptors (Lipinski definition) is 7. The van der Waals surface area contributed by atoms with E-state index in [0.717, 1.165) is 28.3 Å². The lowest BCUT2D eigenvalue weighted by molar-refractivity contribution is 0.00397. The second-order valence-electron chi connectivity index (χ2n) is 13.8. The van der Waals surface area contributed by atoms with E-state index in [9.17, 15) is 5.11 Å². The molecule has 0 radical (unpaired) electrons. The predicted molar refractivity (Wildman–Crippen MR) is 199 cm³/mol. The van der Waals surface area contributed by atoms with E-state index in [0.29, 0.717) is 48.6 Å². The molecule has 1 N–H and O–H groups in total. The highest BCUT2D eigenvalue weighted by molar-refractivity contribution is 9.08. The molecule has 4 aromatic rings. The number of rotatable bonds is 11. The minimum absolute atomic E-state index is 0. The largest absolute Gasteiger partial charge is 0.456 e. The zero-order valence-electron chi connectivity index (χ0n) is 27.5. The van der Waals surface area contributed by atoms with Crippen LogP contribution < -0.4 is 4.74 Å². The number of pyridine rings is 1. The first kappa shape index (κ1) is 38.3. The van der Waals surface area contributed by atoms with Crippen molar-refractivity contribution in [1.29, 1.82) is 0 Å². The third-order valence-corrected chi connectivity index (χ3v) is 10.3. The van der Waals surface area contributed by atoms with Crippen LogP contribution in [0.1, 0.15) is 20.3 Å². The molecule has 0 saturated carbocycles. The molecule has 2 aliphatic heterocycles. The summed E-state index contributed by atoms with van der Waals surface area (Å²) in [6, 6.07) is 21.8. The van der Waals surface area contributed by atoms with E-state index in [1.165, 1.54) is 0 Å². The Balaban J connectivity index is 0.00000164. The van der Waals surface area contributed by atoms with Crippen LogP contribution in [0.4, 0.5) is 0 Å². The molecule has 4 atom stereocenters. The summed E-state index contributed by atoms with van der Waals surface area (Å²) in [4.78, 5) is 9.74. The van der Waals surface area contributed by atoms with E-state index in [1.807, 2.05) is 60.6 Å². The van der Waals surface area contributed by atoms with Gasteiger partial charge >= 0.3 is 29.1 Å². The zero-order chi connectivity index (χ0) is 33.1. The number of ether oxygens (including phenoxy) is 4. The van der Waals surface area contributed by atoms with Gasteiger partial charge < -0.3 is 24.1 Å². The molecule has 2 aromatic heterocycles. The van der Waals surface area contributed by atoms with Crippen LogP contribution in [0, 0.1) is 5.92 Å². The maximum absolute atomic E-state index is 10.4. The third-order valence-electron chi connectivity index (χ3n) is 8.27. The molecule has 12 heteroatoms. The number of fused-ring (bicyclic) bond motifs is 2. The second kappa shape index (κ2) is 16.4. The van der Waals surface area contributed by atoms with Gasteiger partial charge in [0.05, 0.1) is 41.2 Å². The lowest BCUT2D eigenvalue weighted by Gasteiger charge is -2.24. The average Bonchev–Trinajstić information content (AvgIpc) is 3.70. The number of alkyl halides is 1. The quantitative estimate of drug-likeness (QED) is 0.0989. The average molecular weight is 758 g/mol. The summed E-state index contributed by atoms with van der Waals surface area (Å²) >= 11 is 9.81. The maximum Gasteiger partial charge on any atom is 0.316 e. The van der Waals surface area contributed by atoms with E-state index >= 15 is 0 Å². The first-order valence-electron chi connectivity index (χ1n) is 15.8. The fraction of sp³-hybridized carbons (Fsp3) is 0.486. The molecule has 8 nitrogen and oxygen atoms in total. The number of aromatic nitrogens is 3. The minimum Gasteiger partial charge on any atom is -0.456 e. The minimum atomic E-state index is -1.26. The highest BCUT2D eigenvalue weighted by Gasteiger charge is 2.50. The molecule has 1 unspecified atom stereocenters. The van der Waals surface area contributed by atoms with Crippen LogP contribution in [-0.4, -0.2) is 100 Å². The van der Waals surface area contributed by atoms with Crippen molar-refractivity contribution in [3.05, 3.63) is 65.7 Å². The van der Waals surface area contributed by atoms with Gasteiger partial charge in [0.1, 0.15) is 12.8 Å². The van der Waals surface area contributed by atoms with Gasteiger partial charge in [0.15, 0.2) is 11.8 Å². The van der Waals surface area contributed by atoms with Gasteiger partial charge in [-0.1, -0.05) is 102 Å². The smallest absolute Gasteiger partial charge is 0.316 e. The first-order chi connectivity index (χ1) is 21.9. The van der Waals surface area contributed by atoms with E-state index in [2.05, 4.69) is 59.8 Å². The van der Waals surface area contributed by atoms with Gasteiger partial charge in [-0.25, -0.2) is 4.98 Å².